The Morgan fingerprint density at radius 3 is 2.80 bits per heavy atom. The van der Waals surface area contributed by atoms with E-state index in [9.17, 15) is 0 Å². The van der Waals surface area contributed by atoms with Gasteiger partial charge in [0.05, 0.1) is 40.5 Å². The molecule has 148 valence electrons. The lowest BCUT2D eigenvalue weighted by molar-refractivity contribution is 0.862. The number of rotatable bonds is 3. The van der Waals surface area contributed by atoms with E-state index < -0.39 is 0 Å². The number of hydrogen-bond donors (Lipinski definition) is 2. The summed E-state index contributed by atoms with van der Waals surface area (Å²) in [5.74, 6) is 1.67. The molecule has 5 aromatic heterocycles. The van der Waals surface area contributed by atoms with Gasteiger partial charge in [-0.25, -0.2) is 9.97 Å². The third-order valence-corrected chi connectivity index (χ3v) is 5.90. The lowest BCUT2D eigenvalue weighted by Gasteiger charge is -2.03. The second-order valence-electron chi connectivity index (χ2n) is 7.70. The molecule has 0 atom stereocenters. The summed E-state index contributed by atoms with van der Waals surface area (Å²) in [6.07, 6.45) is 11.1. The highest BCUT2D eigenvalue weighted by Crippen LogP contribution is 2.33. The van der Waals surface area contributed by atoms with Gasteiger partial charge in [-0.1, -0.05) is 6.08 Å². The van der Waals surface area contributed by atoms with Crippen LogP contribution in [0.3, 0.4) is 0 Å². The van der Waals surface area contributed by atoms with Crippen molar-refractivity contribution >= 4 is 27.5 Å². The predicted octanol–water partition coefficient (Wildman–Crippen LogP) is 4.17. The summed E-state index contributed by atoms with van der Waals surface area (Å²) in [6.45, 7) is 1.98. The Bertz CT molecular complexity index is 1450. The molecule has 1 aliphatic carbocycles. The van der Waals surface area contributed by atoms with E-state index in [2.05, 4.69) is 36.2 Å². The first kappa shape index (κ1) is 17.1. The van der Waals surface area contributed by atoms with Crippen LogP contribution in [-0.2, 0) is 7.05 Å². The highest BCUT2D eigenvalue weighted by molar-refractivity contribution is 5.96. The summed E-state index contributed by atoms with van der Waals surface area (Å²) < 4.78 is 2.03. The molecule has 0 aliphatic heterocycles. The van der Waals surface area contributed by atoms with Crippen LogP contribution < -0.4 is 0 Å². The standard InChI is InChI=1S/C22H20N8/c1-12-24-11-18(30(12)2)16-9-14-17(10-25-16)28-29-20(14)22-26-15-7-8-23-19(21(15)27-22)13-5-3-4-6-13/h5,7-11H,3-4,6H2,1-2H3,(H,26,27)(H,28,29). The monoisotopic (exact) mass is 396 g/mol. The number of fused-ring (bicyclic) bond motifs is 2. The van der Waals surface area contributed by atoms with E-state index in [-0.39, 0.29) is 0 Å². The number of aromatic amines is 2. The van der Waals surface area contributed by atoms with Crippen molar-refractivity contribution in [2.45, 2.75) is 26.2 Å². The summed E-state index contributed by atoms with van der Waals surface area (Å²) in [5.41, 5.74) is 7.57. The zero-order chi connectivity index (χ0) is 20.2. The minimum absolute atomic E-state index is 0.724. The van der Waals surface area contributed by atoms with Gasteiger partial charge in [0.15, 0.2) is 5.82 Å². The van der Waals surface area contributed by atoms with Gasteiger partial charge < -0.3 is 9.55 Å². The normalized spacial score (nSPS) is 14.1. The summed E-state index contributed by atoms with van der Waals surface area (Å²) in [5, 5.41) is 8.58. The SMILES string of the molecule is Cc1ncc(-c2cc3c(-c4nc5c(C6=CCCC6)nccc5[nH]4)n[nH]c3cn2)n1C. The molecule has 0 saturated heterocycles. The first-order valence-corrected chi connectivity index (χ1v) is 10.1. The van der Waals surface area contributed by atoms with Gasteiger partial charge in [-0.15, -0.1) is 0 Å². The molecule has 0 unspecified atom stereocenters. The Labute approximate surface area is 172 Å². The van der Waals surface area contributed by atoms with E-state index in [1.165, 1.54) is 12.0 Å². The van der Waals surface area contributed by atoms with Crippen molar-refractivity contribution in [1.29, 1.82) is 0 Å². The first-order valence-electron chi connectivity index (χ1n) is 10.1. The summed E-state index contributed by atoms with van der Waals surface area (Å²) in [7, 11) is 1.99. The van der Waals surface area contributed by atoms with Gasteiger partial charge >= 0.3 is 0 Å². The zero-order valence-electron chi connectivity index (χ0n) is 16.8. The Hall–Kier alpha value is -3.81. The zero-order valence-corrected chi connectivity index (χ0v) is 16.8. The molecule has 8 nitrogen and oxygen atoms in total. The molecule has 8 heteroatoms. The smallest absolute Gasteiger partial charge is 0.159 e. The van der Waals surface area contributed by atoms with Crippen molar-refractivity contribution in [3.63, 3.8) is 0 Å². The average Bonchev–Trinajstić information content (AvgIpc) is 3.54. The molecule has 5 aromatic rings. The van der Waals surface area contributed by atoms with Gasteiger partial charge in [0, 0.05) is 18.6 Å². The molecule has 0 bridgehead atoms. The molecule has 2 N–H and O–H groups in total. The van der Waals surface area contributed by atoms with Crippen LogP contribution in [-0.4, -0.2) is 39.7 Å². The number of aryl methyl sites for hydroxylation is 1. The fraction of sp³-hybridized carbons (Fsp3) is 0.227. The highest BCUT2D eigenvalue weighted by atomic mass is 15.1. The van der Waals surface area contributed by atoms with E-state index in [1.807, 2.05) is 49.3 Å². The molecule has 0 saturated carbocycles. The number of hydrogen-bond acceptors (Lipinski definition) is 5. The number of imidazole rings is 2. The lowest BCUT2D eigenvalue weighted by Crippen LogP contribution is -1.95. The molecule has 0 radical (unpaired) electrons. The van der Waals surface area contributed by atoms with E-state index in [0.29, 0.717) is 0 Å². The molecule has 30 heavy (non-hydrogen) atoms. The maximum atomic E-state index is 4.89. The van der Waals surface area contributed by atoms with E-state index in [0.717, 1.165) is 69.2 Å². The quantitative estimate of drug-likeness (QED) is 0.477. The molecule has 0 amide bonds. The molecule has 1 aliphatic rings. The fourth-order valence-corrected chi connectivity index (χ4v) is 4.15. The van der Waals surface area contributed by atoms with E-state index in [1.54, 1.807) is 0 Å². The van der Waals surface area contributed by atoms with Crippen molar-refractivity contribution in [1.82, 2.24) is 39.7 Å². The molecular formula is C22H20N8. The summed E-state index contributed by atoms with van der Waals surface area (Å²) in [4.78, 5) is 21.9. The summed E-state index contributed by atoms with van der Waals surface area (Å²) >= 11 is 0. The van der Waals surface area contributed by atoms with Crippen LogP contribution in [0.15, 0.2) is 36.8 Å². The van der Waals surface area contributed by atoms with Gasteiger partial charge in [-0.2, -0.15) is 5.10 Å². The number of H-pyrrole nitrogens is 2. The van der Waals surface area contributed by atoms with Gasteiger partial charge in [0.2, 0.25) is 0 Å². The number of aromatic nitrogens is 8. The molecule has 0 spiro atoms. The van der Waals surface area contributed by atoms with Crippen molar-refractivity contribution in [2.75, 3.05) is 0 Å². The Morgan fingerprint density at radius 2 is 2.00 bits per heavy atom. The van der Waals surface area contributed by atoms with Crippen LogP contribution in [0.2, 0.25) is 0 Å². The van der Waals surface area contributed by atoms with Crippen LogP contribution in [0.4, 0.5) is 0 Å². The minimum Gasteiger partial charge on any atom is -0.336 e. The second kappa shape index (κ2) is 6.35. The van der Waals surface area contributed by atoms with Gasteiger partial charge in [-0.05, 0) is 43.9 Å². The molecule has 6 rings (SSSR count). The van der Waals surface area contributed by atoms with Gasteiger partial charge in [0.1, 0.15) is 17.0 Å². The van der Waals surface area contributed by atoms with Crippen molar-refractivity contribution < 1.29 is 0 Å². The van der Waals surface area contributed by atoms with Crippen LogP contribution >= 0.6 is 0 Å². The number of allylic oxidation sites excluding steroid dienone is 2. The highest BCUT2D eigenvalue weighted by Gasteiger charge is 2.19. The average molecular weight is 396 g/mol. The lowest BCUT2D eigenvalue weighted by atomic mass is 10.1. The van der Waals surface area contributed by atoms with Crippen LogP contribution in [0.5, 0.6) is 0 Å². The number of pyridine rings is 2. The fourth-order valence-electron chi connectivity index (χ4n) is 4.15. The largest absolute Gasteiger partial charge is 0.336 e. The Balaban J connectivity index is 1.51. The first-order chi connectivity index (χ1) is 14.7. The second-order valence-corrected chi connectivity index (χ2v) is 7.70. The van der Waals surface area contributed by atoms with Crippen LogP contribution in [0, 0.1) is 6.92 Å². The van der Waals surface area contributed by atoms with Crippen LogP contribution in [0.25, 0.3) is 50.4 Å². The summed E-state index contributed by atoms with van der Waals surface area (Å²) in [6, 6.07) is 4.00. The predicted molar refractivity (Wildman–Crippen MR) is 116 cm³/mol. The van der Waals surface area contributed by atoms with E-state index >= 15 is 0 Å². The van der Waals surface area contributed by atoms with E-state index in [4.69, 9.17) is 4.98 Å². The van der Waals surface area contributed by atoms with Crippen LogP contribution in [0.1, 0.15) is 30.8 Å². The third kappa shape index (κ3) is 2.50. The Kier molecular flexibility index (Phi) is 3.61. The number of nitrogens with one attached hydrogen (secondary N) is 2. The maximum absolute atomic E-state index is 4.89. The molecule has 0 aromatic carbocycles. The van der Waals surface area contributed by atoms with Gasteiger partial charge in [-0.3, -0.25) is 15.1 Å². The van der Waals surface area contributed by atoms with Crippen molar-refractivity contribution in [3.8, 4) is 22.9 Å². The van der Waals surface area contributed by atoms with Gasteiger partial charge in [0.25, 0.3) is 0 Å². The topological polar surface area (TPSA) is 101 Å². The Morgan fingerprint density at radius 1 is 1.07 bits per heavy atom. The molecular weight excluding hydrogens is 376 g/mol. The number of nitrogens with zero attached hydrogens (tertiary/aromatic N) is 6. The third-order valence-electron chi connectivity index (χ3n) is 5.90. The van der Waals surface area contributed by atoms with Crippen molar-refractivity contribution in [3.05, 3.63) is 48.3 Å². The maximum Gasteiger partial charge on any atom is 0.159 e. The van der Waals surface area contributed by atoms with Crippen molar-refractivity contribution in [2.24, 2.45) is 7.05 Å². The molecule has 5 heterocycles. The molecule has 0 fully saturated rings. The minimum atomic E-state index is 0.724.